The maximum atomic E-state index is 13.7. The van der Waals surface area contributed by atoms with E-state index in [9.17, 15) is 26.4 Å². The van der Waals surface area contributed by atoms with Crippen LogP contribution in [0.5, 0.6) is 5.75 Å². The predicted molar refractivity (Wildman–Crippen MR) is 131 cm³/mol. The minimum absolute atomic E-state index is 0.0727. The number of pyridine rings is 2. The molecule has 0 fully saturated rings. The Hall–Kier alpha value is -3.94. The zero-order chi connectivity index (χ0) is 28.0. The van der Waals surface area contributed by atoms with E-state index in [0.29, 0.717) is 11.3 Å². The van der Waals surface area contributed by atoms with Gasteiger partial charge in [-0.05, 0) is 39.0 Å². The SMILES string of the molecule is COc1cc2ncc(-c3cc(C(=O)N[C@@H](c4ccccn4)C(F)(F)F)n(C)n3)n2cc1S(=O)(=O)C(C)(C)C. The third-order valence-electron chi connectivity index (χ3n) is 5.85. The van der Waals surface area contributed by atoms with E-state index in [1.54, 1.807) is 20.8 Å². The van der Waals surface area contributed by atoms with Gasteiger partial charge < -0.3 is 10.1 Å². The maximum absolute atomic E-state index is 13.7. The third-order valence-corrected chi connectivity index (χ3v) is 8.35. The van der Waals surface area contributed by atoms with Gasteiger partial charge in [-0.1, -0.05) is 6.07 Å². The van der Waals surface area contributed by atoms with Crippen molar-refractivity contribution in [3.8, 4) is 17.1 Å². The Morgan fingerprint density at radius 2 is 1.84 bits per heavy atom. The zero-order valence-corrected chi connectivity index (χ0v) is 21.9. The molecule has 0 saturated carbocycles. The highest BCUT2D eigenvalue weighted by molar-refractivity contribution is 7.92. The Labute approximate surface area is 216 Å². The topological polar surface area (TPSA) is 120 Å². The second-order valence-corrected chi connectivity index (χ2v) is 12.1. The molecule has 4 heterocycles. The van der Waals surface area contributed by atoms with Crippen molar-refractivity contribution in [2.45, 2.75) is 42.6 Å². The molecule has 0 spiro atoms. The number of amides is 1. The van der Waals surface area contributed by atoms with Crippen molar-refractivity contribution in [3.63, 3.8) is 0 Å². The van der Waals surface area contributed by atoms with E-state index in [0.717, 1.165) is 4.68 Å². The number of rotatable bonds is 6. The minimum Gasteiger partial charge on any atom is -0.495 e. The molecule has 0 unspecified atom stereocenters. The molecule has 0 aliphatic heterocycles. The van der Waals surface area contributed by atoms with Gasteiger partial charge in [0.05, 0.1) is 29.4 Å². The van der Waals surface area contributed by atoms with Crippen LogP contribution in [0.15, 0.2) is 53.8 Å². The molecule has 0 saturated heterocycles. The van der Waals surface area contributed by atoms with Gasteiger partial charge in [0, 0.05) is 25.5 Å². The smallest absolute Gasteiger partial charge is 0.414 e. The molecule has 0 aromatic carbocycles. The summed E-state index contributed by atoms with van der Waals surface area (Å²) in [5.41, 5.74) is 0.333. The molecule has 0 aliphatic carbocycles. The van der Waals surface area contributed by atoms with E-state index < -0.39 is 32.7 Å². The number of hydrogen-bond donors (Lipinski definition) is 1. The molecule has 10 nitrogen and oxygen atoms in total. The van der Waals surface area contributed by atoms with Gasteiger partial charge in [-0.2, -0.15) is 18.3 Å². The van der Waals surface area contributed by atoms with Gasteiger partial charge in [0.2, 0.25) is 0 Å². The first kappa shape index (κ1) is 27.1. The average molecular weight is 551 g/mol. The lowest BCUT2D eigenvalue weighted by Gasteiger charge is -2.21. The van der Waals surface area contributed by atoms with E-state index in [-0.39, 0.29) is 27.7 Å². The van der Waals surface area contributed by atoms with E-state index in [1.165, 1.54) is 67.5 Å². The molecule has 0 bridgehead atoms. The fourth-order valence-electron chi connectivity index (χ4n) is 3.75. The first-order valence-corrected chi connectivity index (χ1v) is 12.8. The van der Waals surface area contributed by atoms with Crippen molar-refractivity contribution in [3.05, 3.63) is 60.3 Å². The molecule has 0 aliphatic rings. The van der Waals surface area contributed by atoms with Crippen molar-refractivity contribution in [2.24, 2.45) is 7.05 Å². The number of hydrogen-bond acceptors (Lipinski definition) is 7. The van der Waals surface area contributed by atoms with Crippen LogP contribution in [-0.4, -0.2) is 56.5 Å². The van der Waals surface area contributed by atoms with Crippen molar-refractivity contribution < 1.29 is 31.1 Å². The molecule has 1 N–H and O–H groups in total. The number of aromatic nitrogens is 5. The maximum Gasteiger partial charge on any atom is 0.414 e. The lowest BCUT2D eigenvalue weighted by molar-refractivity contribution is -0.156. The van der Waals surface area contributed by atoms with Gasteiger partial charge >= 0.3 is 6.18 Å². The summed E-state index contributed by atoms with van der Waals surface area (Å²) in [5, 5.41) is 6.25. The Balaban J connectivity index is 1.75. The number of nitrogens with one attached hydrogen (secondary N) is 1. The number of halogens is 3. The fourth-order valence-corrected chi connectivity index (χ4v) is 5.06. The Bertz CT molecular complexity index is 1610. The molecule has 4 aromatic rings. The van der Waals surface area contributed by atoms with Crippen LogP contribution >= 0.6 is 0 Å². The molecule has 14 heteroatoms. The number of alkyl halides is 3. The normalized spacial score (nSPS) is 13.5. The lowest BCUT2D eigenvalue weighted by atomic mass is 10.1. The van der Waals surface area contributed by atoms with Gasteiger partial charge in [0.15, 0.2) is 15.9 Å². The van der Waals surface area contributed by atoms with E-state index in [1.807, 2.05) is 5.32 Å². The quantitative estimate of drug-likeness (QED) is 0.388. The number of ether oxygens (including phenoxy) is 1. The summed E-state index contributed by atoms with van der Waals surface area (Å²) in [7, 11) is -1.08. The second kappa shape index (κ2) is 9.42. The molecular formula is C24H25F3N6O4S. The number of carbonyl (C=O) groups is 1. The number of carbonyl (C=O) groups excluding carboxylic acids is 1. The summed E-state index contributed by atoms with van der Waals surface area (Å²) in [4.78, 5) is 20.8. The van der Waals surface area contributed by atoms with Crippen LogP contribution in [0.1, 0.15) is 43.0 Å². The zero-order valence-electron chi connectivity index (χ0n) is 21.1. The molecule has 4 aromatic heterocycles. The highest BCUT2D eigenvalue weighted by atomic mass is 32.2. The Kier molecular flexibility index (Phi) is 6.72. The van der Waals surface area contributed by atoms with Crippen LogP contribution in [0.3, 0.4) is 0 Å². The third kappa shape index (κ3) is 4.83. The van der Waals surface area contributed by atoms with Crippen LogP contribution in [0, 0.1) is 0 Å². The molecule has 202 valence electrons. The van der Waals surface area contributed by atoms with Crippen molar-refractivity contribution in [1.82, 2.24) is 29.5 Å². The van der Waals surface area contributed by atoms with Crippen molar-refractivity contribution >= 4 is 21.4 Å². The van der Waals surface area contributed by atoms with Gasteiger partial charge in [-0.3, -0.25) is 18.9 Å². The average Bonchev–Trinajstić information content (AvgIpc) is 3.43. The summed E-state index contributed by atoms with van der Waals surface area (Å²) in [6.45, 7) is 4.68. The first-order chi connectivity index (χ1) is 17.6. The van der Waals surface area contributed by atoms with Crippen LogP contribution < -0.4 is 10.1 Å². The number of aryl methyl sites for hydroxylation is 1. The summed E-state index contributed by atoms with van der Waals surface area (Å²) in [6.07, 6.45) is -0.817. The predicted octanol–water partition coefficient (Wildman–Crippen LogP) is 3.74. The van der Waals surface area contributed by atoms with Gasteiger partial charge in [0.25, 0.3) is 5.91 Å². The number of sulfone groups is 1. The van der Waals surface area contributed by atoms with Gasteiger partial charge in [0.1, 0.15) is 27.7 Å². The first-order valence-electron chi connectivity index (χ1n) is 11.3. The van der Waals surface area contributed by atoms with Crippen molar-refractivity contribution in [1.29, 1.82) is 0 Å². The molecule has 38 heavy (non-hydrogen) atoms. The highest BCUT2D eigenvalue weighted by Crippen LogP contribution is 2.35. The monoisotopic (exact) mass is 550 g/mol. The van der Waals surface area contributed by atoms with Crippen LogP contribution in [-0.2, 0) is 16.9 Å². The van der Waals surface area contributed by atoms with Crippen LogP contribution in [0.2, 0.25) is 0 Å². The number of methoxy groups -OCH3 is 1. The standard InChI is InChI=1S/C24H25F3N6O4S/c1-23(2,3)38(35,36)19-13-33-17(12-29-20(33)11-18(19)37-5)15-10-16(32(4)31-15)22(34)30-21(24(25,26)27)14-8-6-7-9-28-14/h6-13,21H,1-5H3,(H,30,34)/t21-/m0/s1. The molecular weight excluding hydrogens is 525 g/mol. The lowest BCUT2D eigenvalue weighted by Crippen LogP contribution is -2.39. The van der Waals surface area contributed by atoms with Crippen molar-refractivity contribution in [2.75, 3.05) is 7.11 Å². The fraction of sp³-hybridized carbons (Fsp3) is 0.333. The second-order valence-electron chi connectivity index (χ2n) is 9.43. The molecule has 1 atom stereocenters. The molecule has 0 radical (unpaired) electrons. The Morgan fingerprint density at radius 1 is 1.13 bits per heavy atom. The van der Waals surface area contributed by atoms with E-state index in [2.05, 4.69) is 15.1 Å². The van der Waals surface area contributed by atoms with Crippen LogP contribution in [0.25, 0.3) is 17.0 Å². The number of imidazole rings is 1. The summed E-state index contributed by atoms with van der Waals surface area (Å²) < 4.78 is 74.3. The molecule has 1 amide bonds. The summed E-state index contributed by atoms with van der Waals surface area (Å²) in [5.74, 6) is -0.913. The van der Waals surface area contributed by atoms with Gasteiger partial charge in [-0.15, -0.1) is 0 Å². The molecule has 4 rings (SSSR count). The number of nitrogens with zero attached hydrogens (tertiary/aromatic N) is 5. The van der Waals surface area contributed by atoms with E-state index in [4.69, 9.17) is 4.74 Å². The largest absolute Gasteiger partial charge is 0.495 e. The Morgan fingerprint density at radius 3 is 2.42 bits per heavy atom. The highest BCUT2D eigenvalue weighted by Gasteiger charge is 2.43. The minimum atomic E-state index is -4.79. The summed E-state index contributed by atoms with van der Waals surface area (Å²) in [6, 6.07) is 4.46. The van der Waals surface area contributed by atoms with Crippen LogP contribution in [0.4, 0.5) is 13.2 Å². The summed E-state index contributed by atoms with van der Waals surface area (Å²) >= 11 is 0. The van der Waals surface area contributed by atoms with Gasteiger partial charge in [-0.25, -0.2) is 13.4 Å². The number of fused-ring (bicyclic) bond motifs is 1. The van der Waals surface area contributed by atoms with E-state index >= 15 is 0 Å².